The lowest BCUT2D eigenvalue weighted by atomic mass is 9.96. The summed E-state index contributed by atoms with van der Waals surface area (Å²) in [4.78, 5) is 25.7. The first-order chi connectivity index (χ1) is 10.1. The summed E-state index contributed by atoms with van der Waals surface area (Å²) in [7, 11) is 1.64. The van der Waals surface area contributed by atoms with Gasteiger partial charge in [-0.25, -0.2) is 0 Å². The predicted molar refractivity (Wildman–Crippen MR) is 80.8 cm³/mol. The fourth-order valence-electron chi connectivity index (χ4n) is 2.59. The molecule has 1 heterocycles. The Labute approximate surface area is 130 Å². The highest BCUT2D eigenvalue weighted by Crippen LogP contribution is 2.26. The molecule has 1 aliphatic carbocycles. The number of rotatable bonds is 5. The van der Waals surface area contributed by atoms with Gasteiger partial charge in [0.2, 0.25) is 5.91 Å². The third-order valence-corrected chi connectivity index (χ3v) is 4.11. The van der Waals surface area contributed by atoms with Crippen LogP contribution in [-0.4, -0.2) is 50.1 Å². The molecule has 0 bridgehead atoms. The highest BCUT2D eigenvalue weighted by molar-refractivity contribution is 6.32. The number of carbonyl (C=O) groups excluding carboxylic acids is 2. The van der Waals surface area contributed by atoms with Crippen molar-refractivity contribution in [3.05, 3.63) is 22.8 Å². The molecule has 5 nitrogen and oxygen atoms in total. The van der Waals surface area contributed by atoms with Crippen LogP contribution in [0.5, 0.6) is 0 Å². The lowest BCUT2D eigenvalue weighted by Gasteiger charge is -2.19. The maximum atomic E-state index is 12.1. The fraction of sp³-hybridized carbons (Fsp3) is 0.600. The first-order valence-corrected chi connectivity index (χ1v) is 7.61. The first kappa shape index (κ1) is 16.0. The van der Waals surface area contributed by atoms with Crippen molar-refractivity contribution in [2.24, 2.45) is 5.92 Å². The Morgan fingerprint density at radius 1 is 1.43 bits per heavy atom. The van der Waals surface area contributed by atoms with E-state index in [1.54, 1.807) is 18.1 Å². The second-order valence-electron chi connectivity index (χ2n) is 5.37. The molecule has 21 heavy (non-hydrogen) atoms. The van der Waals surface area contributed by atoms with E-state index in [4.69, 9.17) is 16.3 Å². The van der Waals surface area contributed by atoms with E-state index < -0.39 is 0 Å². The van der Waals surface area contributed by atoms with Gasteiger partial charge in [0.1, 0.15) is 0 Å². The second kappa shape index (κ2) is 7.61. The summed E-state index contributed by atoms with van der Waals surface area (Å²) in [5.41, 5.74) is 0.443. The van der Waals surface area contributed by atoms with Gasteiger partial charge in [0, 0.05) is 31.1 Å². The lowest BCUT2D eigenvalue weighted by molar-refractivity contribution is -0.131. The van der Waals surface area contributed by atoms with Crippen LogP contribution in [0.4, 0.5) is 0 Å². The molecule has 0 saturated carbocycles. The largest absolute Gasteiger partial charge is 0.384 e. The minimum absolute atomic E-state index is 0.0296. The van der Waals surface area contributed by atoms with E-state index in [1.165, 1.54) is 0 Å². The van der Waals surface area contributed by atoms with Gasteiger partial charge >= 0.3 is 0 Å². The molecule has 0 spiro atoms. The summed E-state index contributed by atoms with van der Waals surface area (Å²) in [6.07, 6.45) is 6.31. The summed E-state index contributed by atoms with van der Waals surface area (Å²) in [5, 5.41) is 3.17. The summed E-state index contributed by atoms with van der Waals surface area (Å²) in [5.74, 6) is -0.125. The molecular formula is C15H21ClN2O3. The molecule has 0 radical (unpaired) electrons. The van der Waals surface area contributed by atoms with Gasteiger partial charge in [-0.05, 0) is 19.3 Å². The van der Waals surface area contributed by atoms with Crippen molar-refractivity contribution in [2.45, 2.75) is 19.3 Å². The SMILES string of the molecule is COCC1C=CC(C(=O)NCC(=O)N2CCCC2)=C(Cl)C1. The van der Waals surface area contributed by atoms with Crippen LogP contribution < -0.4 is 5.32 Å². The number of carbonyl (C=O) groups is 2. The van der Waals surface area contributed by atoms with Gasteiger partial charge < -0.3 is 15.0 Å². The number of nitrogens with one attached hydrogen (secondary N) is 1. The van der Waals surface area contributed by atoms with E-state index in [0.29, 0.717) is 23.6 Å². The van der Waals surface area contributed by atoms with Crippen molar-refractivity contribution in [3.63, 3.8) is 0 Å². The minimum atomic E-state index is -0.292. The molecule has 1 aliphatic heterocycles. The molecule has 2 aliphatic rings. The molecule has 116 valence electrons. The van der Waals surface area contributed by atoms with Gasteiger partial charge in [0.05, 0.1) is 18.7 Å². The van der Waals surface area contributed by atoms with Crippen molar-refractivity contribution < 1.29 is 14.3 Å². The summed E-state index contributed by atoms with van der Waals surface area (Å²) >= 11 is 6.17. The zero-order chi connectivity index (χ0) is 15.2. The number of methoxy groups -OCH3 is 1. The summed E-state index contributed by atoms with van der Waals surface area (Å²) in [6.45, 7) is 2.18. The normalized spacial score (nSPS) is 21.8. The molecule has 1 atom stereocenters. The Bertz CT molecular complexity index is 468. The van der Waals surface area contributed by atoms with Gasteiger partial charge in [-0.2, -0.15) is 0 Å². The van der Waals surface area contributed by atoms with Crippen molar-refractivity contribution in [3.8, 4) is 0 Å². The maximum Gasteiger partial charge on any atom is 0.252 e. The molecule has 2 rings (SSSR count). The van der Waals surface area contributed by atoms with Gasteiger partial charge in [-0.1, -0.05) is 23.8 Å². The molecule has 1 saturated heterocycles. The smallest absolute Gasteiger partial charge is 0.252 e. The van der Waals surface area contributed by atoms with Crippen LogP contribution in [0.2, 0.25) is 0 Å². The van der Waals surface area contributed by atoms with Crippen LogP contribution in [0, 0.1) is 5.92 Å². The Morgan fingerprint density at radius 3 is 2.76 bits per heavy atom. The number of hydrogen-bond donors (Lipinski definition) is 1. The van der Waals surface area contributed by atoms with E-state index in [1.807, 2.05) is 6.08 Å². The van der Waals surface area contributed by atoms with E-state index in [9.17, 15) is 9.59 Å². The first-order valence-electron chi connectivity index (χ1n) is 7.23. The summed E-state index contributed by atoms with van der Waals surface area (Å²) in [6, 6.07) is 0. The molecule has 1 N–H and O–H groups in total. The van der Waals surface area contributed by atoms with Gasteiger partial charge in [-0.15, -0.1) is 0 Å². The number of nitrogens with zero attached hydrogens (tertiary/aromatic N) is 1. The van der Waals surface area contributed by atoms with Crippen LogP contribution >= 0.6 is 11.6 Å². The number of hydrogen-bond acceptors (Lipinski definition) is 3. The standard InChI is InChI=1S/C15H21ClN2O3/c1-21-10-11-4-5-12(13(16)8-11)15(20)17-9-14(19)18-6-2-3-7-18/h4-5,11H,2-3,6-10H2,1H3,(H,17,20). The fourth-order valence-corrected chi connectivity index (χ4v) is 2.93. The number of allylic oxidation sites excluding steroid dienone is 1. The monoisotopic (exact) mass is 312 g/mol. The van der Waals surface area contributed by atoms with E-state index in [2.05, 4.69) is 5.32 Å². The predicted octanol–water partition coefficient (Wildman–Crippen LogP) is 1.44. The molecular weight excluding hydrogens is 292 g/mol. The Hall–Kier alpha value is -1.33. The number of ether oxygens (including phenoxy) is 1. The molecule has 2 amide bonds. The number of halogens is 1. The van der Waals surface area contributed by atoms with E-state index in [0.717, 1.165) is 25.9 Å². The van der Waals surface area contributed by atoms with Crippen LogP contribution in [0.1, 0.15) is 19.3 Å². The van der Waals surface area contributed by atoms with Crippen LogP contribution in [0.25, 0.3) is 0 Å². The second-order valence-corrected chi connectivity index (χ2v) is 5.82. The van der Waals surface area contributed by atoms with Crippen molar-refractivity contribution in [1.29, 1.82) is 0 Å². The molecule has 0 aromatic heterocycles. The topological polar surface area (TPSA) is 58.6 Å². The highest BCUT2D eigenvalue weighted by atomic mass is 35.5. The third kappa shape index (κ3) is 4.32. The highest BCUT2D eigenvalue weighted by Gasteiger charge is 2.22. The van der Waals surface area contributed by atoms with Crippen molar-refractivity contribution >= 4 is 23.4 Å². The number of amides is 2. The molecule has 6 heteroatoms. The van der Waals surface area contributed by atoms with Gasteiger partial charge in [-0.3, -0.25) is 9.59 Å². The molecule has 1 unspecified atom stereocenters. The van der Waals surface area contributed by atoms with Crippen LogP contribution in [-0.2, 0) is 14.3 Å². The van der Waals surface area contributed by atoms with Crippen molar-refractivity contribution in [2.75, 3.05) is 33.4 Å². The van der Waals surface area contributed by atoms with Gasteiger partial charge in [0.15, 0.2) is 0 Å². The summed E-state index contributed by atoms with van der Waals surface area (Å²) < 4.78 is 5.08. The Morgan fingerprint density at radius 2 is 2.14 bits per heavy atom. The molecule has 0 aromatic carbocycles. The van der Waals surface area contributed by atoms with E-state index >= 15 is 0 Å². The van der Waals surface area contributed by atoms with Crippen LogP contribution in [0.3, 0.4) is 0 Å². The number of likely N-dealkylation sites (tertiary alicyclic amines) is 1. The minimum Gasteiger partial charge on any atom is -0.384 e. The maximum absolute atomic E-state index is 12.1. The Kier molecular flexibility index (Phi) is 5.82. The zero-order valence-electron chi connectivity index (χ0n) is 12.2. The average Bonchev–Trinajstić information content (AvgIpc) is 2.99. The molecule has 1 fully saturated rings. The van der Waals surface area contributed by atoms with Crippen LogP contribution in [0.15, 0.2) is 22.8 Å². The van der Waals surface area contributed by atoms with Crippen molar-refractivity contribution in [1.82, 2.24) is 10.2 Å². The Balaban J connectivity index is 1.84. The average molecular weight is 313 g/mol. The zero-order valence-corrected chi connectivity index (χ0v) is 13.0. The third-order valence-electron chi connectivity index (χ3n) is 3.75. The van der Waals surface area contributed by atoms with E-state index in [-0.39, 0.29) is 24.3 Å². The lowest BCUT2D eigenvalue weighted by Crippen LogP contribution is -2.39. The van der Waals surface area contributed by atoms with Gasteiger partial charge in [0.25, 0.3) is 5.91 Å². The molecule has 0 aromatic rings. The quantitative estimate of drug-likeness (QED) is 0.835.